The topological polar surface area (TPSA) is 20.2 Å². The molecular formula is C17H17FO. The van der Waals surface area contributed by atoms with Gasteiger partial charge < -0.3 is 5.11 Å². The van der Waals surface area contributed by atoms with Crippen LogP contribution in [-0.4, -0.2) is 5.11 Å². The lowest BCUT2D eigenvalue weighted by Gasteiger charge is -2.27. The van der Waals surface area contributed by atoms with Crippen molar-refractivity contribution in [2.24, 2.45) is 0 Å². The molecule has 1 unspecified atom stereocenters. The number of fused-ring (bicyclic) bond motifs is 1. The average molecular weight is 256 g/mol. The summed E-state index contributed by atoms with van der Waals surface area (Å²) in [5.41, 5.74) is 3.95. The van der Waals surface area contributed by atoms with E-state index in [1.54, 1.807) is 6.07 Å². The van der Waals surface area contributed by atoms with Crippen LogP contribution in [-0.2, 0) is 12.0 Å². The lowest BCUT2D eigenvalue weighted by molar-refractivity contribution is 0.0821. The maximum absolute atomic E-state index is 13.2. The molecule has 0 radical (unpaired) electrons. The van der Waals surface area contributed by atoms with Crippen molar-refractivity contribution in [2.75, 3.05) is 0 Å². The van der Waals surface area contributed by atoms with E-state index in [-0.39, 0.29) is 5.82 Å². The van der Waals surface area contributed by atoms with Gasteiger partial charge in [0.05, 0.1) is 0 Å². The lowest BCUT2D eigenvalue weighted by Crippen LogP contribution is -2.25. The molecule has 0 saturated carbocycles. The Hall–Kier alpha value is -1.67. The van der Waals surface area contributed by atoms with Crippen LogP contribution in [0.25, 0.3) is 0 Å². The van der Waals surface area contributed by atoms with Crippen molar-refractivity contribution < 1.29 is 9.50 Å². The zero-order valence-electron chi connectivity index (χ0n) is 11.2. The van der Waals surface area contributed by atoms with Crippen molar-refractivity contribution >= 4 is 0 Å². The molecule has 0 bridgehead atoms. The molecule has 0 saturated heterocycles. The van der Waals surface area contributed by atoms with Crippen molar-refractivity contribution in [1.29, 1.82) is 0 Å². The number of hydrogen-bond donors (Lipinski definition) is 1. The van der Waals surface area contributed by atoms with Crippen LogP contribution in [0, 0.1) is 19.7 Å². The van der Waals surface area contributed by atoms with Crippen LogP contribution in [0.2, 0.25) is 0 Å². The maximum Gasteiger partial charge on any atom is 0.123 e. The van der Waals surface area contributed by atoms with E-state index in [1.807, 2.05) is 19.9 Å². The number of hydrogen-bond acceptors (Lipinski definition) is 1. The van der Waals surface area contributed by atoms with Crippen LogP contribution in [0.3, 0.4) is 0 Å². The van der Waals surface area contributed by atoms with Crippen molar-refractivity contribution in [3.63, 3.8) is 0 Å². The number of aryl methyl sites for hydroxylation is 3. The fourth-order valence-electron chi connectivity index (χ4n) is 3.11. The quantitative estimate of drug-likeness (QED) is 0.826. The van der Waals surface area contributed by atoms with Crippen LogP contribution >= 0.6 is 0 Å². The van der Waals surface area contributed by atoms with Gasteiger partial charge in [-0.2, -0.15) is 0 Å². The van der Waals surface area contributed by atoms with Crippen LogP contribution in [0.1, 0.15) is 34.2 Å². The molecule has 1 N–H and O–H groups in total. The molecule has 2 heteroatoms. The number of halogens is 1. The molecule has 1 aliphatic rings. The van der Waals surface area contributed by atoms with Crippen LogP contribution < -0.4 is 0 Å². The molecule has 0 heterocycles. The van der Waals surface area contributed by atoms with Gasteiger partial charge in [0.1, 0.15) is 11.4 Å². The second-order valence-electron chi connectivity index (χ2n) is 5.48. The molecule has 2 aromatic rings. The fourth-order valence-corrected chi connectivity index (χ4v) is 3.11. The molecule has 0 spiro atoms. The van der Waals surface area contributed by atoms with Gasteiger partial charge in [-0.3, -0.25) is 0 Å². The molecular weight excluding hydrogens is 239 g/mol. The zero-order valence-corrected chi connectivity index (χ0v) is 11.2. The van der Waals surface area contributed by atoms with Gasteiger partial charge in [-0.05, 0) is 61.1 Å². The average Bonchev–Trinajstić information content (AvgIpc) is 2.68. The third-order valence-electron chi connectivity index (χ3n) is 4.10. The van der Waals surface area contributed by atoms with Crippen molar-refractivity contribution in [3.05, 3.63) is 70.0 Å². The van der Waals surface area contributed by atoms with Crippen LogP contribution in [0.15, 0.2) is 36.4 Å². The highest BCUT2D eigenvalue weighted by Crippen LogP contribution is 2.43. The summed E-state index contributed by atoms with van der Waals surface area (Å²) < 4.78 is 13.2. The smallest absolute Gasteiger partial charge is 0.123 e. The standard InChI is InChI=1S/C17H17FO/c1-11-3-4-13-7-8-17(19,16(13)9-11)15-6-5-14(18)10-12(15)2/h3-6,9-10,19H,7-8H2,1-2H3. The molecule has 2 aromatic carbocycles. The van der Waals surface area contributed by atoms with Crippen LogP contribution in [0.4, 0.5) is 4.39 Å². The Bertz CT molecular complexity index is 648. The SMILES string of the molecule is Cc1ccc2c(c1)C(O)(c1ccc(F)cc1C)CC2. The van der Waals surface area contributed by atoms with E-state index in [1.165, 1.54) is 17.7 Å². The molecule has 0 fully saturated rings. The number of aliphatic hydroxyl groups is 1. The number of benzene rings is 2. The van der Waals surface area contributed by atoms with Gasteiger partial charge in [-0.25, -0.2) is 4.39 Å². The van der Waals surface area contributed by atoms with Gasteiger partial charge in [-0.15, -0.1) is 0 Å². The second-order valence-corrected chi connectivity index (χ2v) is 5.48. The third kappa shape index (κ3) is 1.87. The van der Waals surface area contributed by atoms with E-state index < -0.39 is 5.60 Å². The monoisotopic (exact) mass is 256 g/mol. The highest BCUT2D eigenvalue weighted by molar-refractivity contribution is 5.48. The van der Waals surface area contributed by atoms with E-state index >= 15 is 0 Å². The Morgan fingerprint density at radius 2 is 1.84 bits per heavy atom. The Labute approximate surface area is 112 Å². The minimum absolute atomic E-state index is 0.257. The van der Waals surface area contributed by atoms with E-state index in [9.17, 15) is 9.50 Å². The van der Waals surface area contributed by atoms with Crippen molar-refractivity contribution in [2.45, 2.75) is 32.3 Å². The molecule has 1 aliphatic carbocycles. The van der Waals surface area contributed by atoms with E-state index in [2.05, 4.69) is 12.1 Å². The highest BCUT2D eigenvalue weighted by atomic mass is 19.1. The minimum atomic E-state index is -0.973. The first-order valence-electron chi connectivity index (χ1n) is 6.60. The van der Waals surface area contributed by atoms with Gasteiger partial charge in [0.2, 0.25) is 0 Å². The van der Waals surface area contributed by atoms with Gasteiger partial charge in [0.15, 0.2) is 0 Å². The first-order chi connectivity index (χ1) is 9.00. The summed E-state index contributed by atoms with van der Waals surface area (Å²) in [5, 5.41) is 11.1. The van der Waals surface area contributed by atoms with Crippen molar-refractivity contribution in [1.82, 2.24) is 0 Å². The Balaban J connectivity index is 2.18. The summed E-state index contributed by atoms with van der Waals surface area (Å²) in [6, 6.07) is 10.8. The molecule has 1 nitrogen and oxygen atoms in total. The van der Waals surface area contributed by atoms with E-state index in [4.69, 9.17) is 0 Å². The summed E-state index contributed by atoms with van der Waals surface area (Å²) in [6.45, 7) is 3.88. The molecule has 0 amide bonds. The predicted octanol–water partition coefficient (Wildman–Crippen LogP) is 3.62. The van der Waals surface area contributed by atoms with Gasteiger partial charge in [0, 0.05) is 0 Å². The Morgan fingerprint density at radius 3 is 2.58 bits per heavy atom. The van der Waals surface area contributed by atoms with Crippen molar-refractivity contribution in [3.8, 4) is 0 Å². The summed E-state index contributed by atoms with van der Waals surface area (Å²) in [7, 11) is 0. The van der Waals surface area contributed by atoms with E-state index in [0.29, 0.717) is 6.42 Å². The first kappa shape index (κ1) is 12.4. The zero-order chi connectivity index (χ0) is 13.6. The summed E-state index contributed by atoms with van der Waals surface area (Å²) in [4.78, 5) is 0. The van der Waals surface area contributed by atoms with Gasteiger partial charge in [-0.1, -0.05) is 29.8 Å². The molecule has 0 aromatic heterocycles. The molecule has 3 rings (SSSR count). The fraction of sp³-hybridized carbons (Fsp3) is 0.294. The summed E-state index contributed by atoms with van der Waals surface area (Å²) in [6.07, 6.45) is 1.53. The lowest BCUT2D eigenvalue weighted by atomic mass is 9.85. The number of rotatable bonds is 1. The van der Waals surface area contributed by atoms with Gasteiger partial charge >= 0.3 is 0 Å². The summed E-state index contributed by atoms with van der Waals surface area (Å²) >= 11 is 0. The Morgan fingerprint density at radius 1 is 1.05 bits per heavy atom. The summed E-state index contributed by atoms with van der Waals surface area (Å²) in [5.74, 6) is -0.257. The Kier molecular flexibility index (Phi) is 2.72. The highest BCUT2D eigenvalue weighted by Gasteiger charge is 2.39. The predicted molar refractivity (Wildman–Crippen MR) is 73.6 cm³/mol. The maximum atomic E-state index is 13.2. The first-order valence-corrected chi connectivity index (χ1v) is 6.60. The molecule has 1 atom stereocenters. The third-order valence-corrected chi connectivity index (χ3v) is 4.10. The largest absolute Gasteiger partial charge is 0.380 e. The second kappa shape index (κ2) is 4.17. The molecule has 19 heavy (non-hydrogen) atoms. The van der Waals surface area contributed by atoms with E-state index in [0.717, 1.165) is 28.7 Å². The molecule has 0 aliphatic heterocycles. The molecule has 98 valence electrons. The van der Waals surface area contributed by atoms with Crippen LogP contribution in [0.5, 0.6) is 0 Å². The minimum Gasteiger partial charge on any atom is -0.380 e. The normalized spacial score (nSPS) is 21.5. The van der Waals surface area contributed by atoms with Gasteiger partial charge in [0.25, 0.3) is 0 Å².